The van der Waals surface area contributed by atoms with Gasteiger partial charge in [-0.3, -0.25) is 8.99 Å². The van der Waals surface area contributed by atoms with E-state index in [9.17, 15) is 4.21 Å². The number of unbranched alkanes of at least 4 members (excludes halogenated alkanes) is 2. The molecule has 0 spiro atoms. The average Bonchev–Trinajstić information content (AvgIpc) is 1.78. The second kappa shape index (κ2) is 4.50. The lowest BCUT2D eigenvalue weighted by molar-refractivity contribution is 0.673. The summed E-state index contributed by atoms with van der Waals surface area (Å²) >= 11 is 0. The fourth-order valence-corrected chi connectivity index (χ4v) is 1.42. The van der Waals surface area contributed by atoms with E-state index in [2.05, 4.69) is 6.58 Å². The number of allylic oxidation sites excluding steroid dienone is 1. The summed E-state index contributed by atoms with van der Waals surface area (Å²) in [5.41, 5.74) is 0. The Labute approximate surface area is 63.3 Å². The zero-order chi connectivity index (χ0) is 8.04. The summed E-state index contributed by atoms with van der Waals surface area (Å²) in [4.78, 5) is 0. The fraction of sp³-hybridized carbons (Fsp3) is 0.714. The van der Waals surface area contributed by atoms with Crippen LogP contribution < -0.4 is 0 Å². The smallest absolute Gasteiger partial charge is 0.0412 e. The predicted molar refractivity (Wildman–Crippen MR) is 45.7 cm³/mol. The van der Waals surface area contributed by atoms with Gasteiger partial charge in [-0.05, 0) is 19.3 Å². The summed E-state index contributed by atoms with van der Waals surface area (Å²) in [5, 5.41) is 0. The molecule has 0 aliphatic heterocycles. The number of rotatable bonds is 5. The predicted octanol–water partition coefficient (Wildman–Crippen LogP) is 2.02. The van der Waals surface area contributed by atoms with Crippen molar-refractivity contribution in [1.29, 1.82) is 4.78 Å². The van der Waals surface area contributed by atoms with Crippen LogP contribution in [-0.2, 0) is 9.73 Å². The first-order valence-electron chi connectivity index (χ1n) is 3.38. The van der Waals surface area contributed by atoms with E-state index in [1.165, 1.54) is 6.26 Å². The molecular formula is C7H15NOS. The molecule has 0 aliphatic carbocycles. The van der Waals surface area contributed by atoms with Gasteiger partial charge in [-0.25, -0.2) is 0 Å². The molecule has 10 heavy (non-hydrogen) atoms. The third-order valence-electron chi connectivity index (χ3n) is 1.19. The highest BCUT2D eigenvalue weighted by Gasteiger charge is 1.95. The molecule has 0 heterocycles. The Morgan fingerprint density at radius 3 is 2.60 bits per heavy atom. The number of hydrogen-bond donors (Lipinski definition) is 1. The quantitative estimate of drug-likeness (QED) is 0.486. The molecule has 3 heteroatoms. The molecule has 0 bridgehead atoms. The molecule has 2 nitrogen and oxygen atoms in total. The van der Waals surface area contributed by atoms with Crippen molar-refractivity contribution >= 4 is 9.73 Å². The Bertz CT molecular complexity index is 182. The van der Waals surface area contributed by atoms with Crippen molar-refractivity contribution < 1.29 is 4.21 Å². The number of nitrogens with one attached hydrogen (secondary N) is 1. The first kappa shape index (κ1) is 9.69. The van der Waals surface area contributed by atoms with Crippen LogP contribution in [0.15, 0.2) is 12.7 Å². The maximum Gasteiger partial charge on any atom is 0.0412 e. The lowest BCUT2D eigenvalue weighted by atomic mass is 10.2. The maximum absolute atomic E-state index is 10.8. The fourth-order valence-electron chi connectivity index (χ4n) is 0.666. The Balaban J connectivity index is 3.29. The largest absolute Gasteiger partial charge is 0.253 e. The van der Waals surface area contributed by atoms with Gasteiger partial charge in [-0.1, -0.05) is 6.08 Å². The van der Waals surface area contributed by atoms with Crippen LogP contribution in [0, 0.1) is 4.78 Å². The molecule has 0 amide bonds. The van der Waals surface area contributed by atoms with Gasteiger partial charge >= 0.3 is 0 Å². The van der Waals surface area contributed by atoms with Crippen molar-refractivity contribution in [2.45, 2.75) is 19.3 Å². The molecule has 0 rings (SSSR count). The second-order valence-electron chi connectivity index (χ2n) is 2.49. The Kier molecular flexibility index (Phi) is 4.36. The highest BCUT2D eigenvalue weighted by atomic mass is 32.2. The van der Waals surface area contributed by atoms with E-state index in [4.69, 9.17) is 4.78 Å². The molecule has 1 N–H and O–H groups in total. The van der Waals surface area contributed by atoms with Crippen molar-refractivity contribution in [1.82, 2.24) is 0 Å². The van der Waals surface area contributed by atoms with Crippen LogP contribution in [0.3, 0.4) is 0 Å². The van der Waals surface area contributed by atoms with Crippen molar-refractivity contribution in [2.75, 3.05) is 12.0 Å². The molecule has 0 aromatic carbocycles. The van der Waals surface area contributed by atoms with Gasteiger partial charge in [0.15, 0.2) is 0 Å². The third kappa shape index (κ3) is 7.69. The monoisotopic (exact) mass is 161 g/mol. The summed E-state index contributed by atoms with van der Waals surface area (Å²) in [6.45, 7) is 3.58. The minimum Gasteiger partial charge on any atom is -0.253 e. The zero-order valence-electron chi connectivity index (χ0n) is 6.43. The standard InChI is InChI=1S/C7H15NOS/c1-3-4-5-6-7-10(2,8)9/h3,8H,1,4-7H2,2H3. The van der Waals surface area contributed by atoms with Gasteiger partial charge in [-0.2, -0.15) is 0 Å². The van der Waals surface area contributed by atoms with Crippen LogP contribution in [0.4, 0.5) is 0 Å². The van der Waals surface area contributed by atoms with Gasteiger partial charge in [-0.15, -0.1) is 6.58 Å². The van der Waals surface area contributed by atoms with Gasteiger partial charge in [0.05, 0.1) is 0 Å². The molecule has 0 fully saturated rings. The summed E-state index contributed by atoms with van der Waals surface area (Å²) in [6.07, 6.45) is 6.19. The van der Waals surface area contributed by atoms with Crippen molar-refractivity contribution in [3.05, 3.63) is 12.7 Å². The highest BCUT2D eigenvalue weighted by molar-refractivity contribution is 7.91. The van der Waals surface area contributed by atoms with E-state index in [1.54, 1.807) is 0 Å². The Morgan fingerprint density at radius 1 is 1.60 bits per heavy atom. The molecule has 0 aliphatic rings. The molecular weight excluding hydrogens is 146 g/mol. The lowest BCUT2D eigenvalue weighted by Crippen LogP contribution is -1.99. The molecule has 0 saturated heterocycles. The van der Waals surface area contributed by atoms with Gasteiger partial charge in [0, 0.05) is 21.7 Å². The Hall–Kier alpha value is -0.310. The van der Waals surface area contributed by atoms with Crippen molar-refractivity contribution in [3.63, 3.8) is 0 Å². The van der Waals surface area contributed by atoms with Crippen LogP contribution in [-0.4, -0.2) is 16.2 Å². The van der Waals surface area contributed by atoms with E-state index < -0.39 is 9.73 Å². The van der Waals surface area contributed by atoms with Gasteiger partial charge in [0.25, 0.3) is 0 Å². The van der Waals surface area contributed by atoms with Gasteiger partial charge < -0.3 is 0 Å². The molecule has 0 saturated carbocycles. The Morgan fingerprint density at radius 2 is 2.20 bits per heavy atom. The lowest BCUT2D eigenvalue weighted by Gasteiger charge is -1.97. The third-order valence-corrected chi connectivity index (χ3v) is 2.26. The van der Waals surface area contributed by atoms with Crippen LogP contribution in [0.1, 0.15) is 19.3 Å². The van der Waals surface area contributed by atoms with Gasteiger partial charge in [0.2, 0.25) is 0 Å². The van der Waals surface area contributed by atoms with E-state index in [0.717, 1.165) is 19.3 Å². The van der Waals surface area contributed by atoms with Crippen molar-refractivity contribution in [2.24, 2.45) is 0 Å². The molecule has 0 aromatic heterocycles. The van der Waals surface area contributed by atoms with Crippen LogP contribution in [0.25, 0.3) is 0 Å². The second-order valence-corrected chi connectivity index (χ2v) is 4.91. The van der Waals surface area contributed by atoms with E-state index in [-0.39, 0.29) is 0 Å². The molecule has 1 unspecified atom stereocenters. The summed E-state index contributed by atoms with van der Waals surface area (Å²) < 4.78 is 17.9. The SMILES string of the molecule is C=CCCCCS(C)(=N)=O. The first-order valence-corrected chi connectivity index (χ1v) is 5.52. The number of hydrogen-bond acceptors (Lipinski definition) is 2. The first-order chi connectivity index (χ1) is 4.56. The minimum absolute atomic E-state index is 0.529. The summed E-state index contributed by atoms with van der Waals surface area (Å²) in [5.74, 6) is 0.529. The normalized spacial score (nSPS) is 16.1. The van der Waals surface area contributed by atoms with E-state index in [0.29, 0.717) is 5.75 Å². The minimum atomic E-state index is -2.24. The van der Waals surface area contributed by atoms with Gasteiger partial charge in [0.1, 0.15) is 0 Å². The van der Waals surface area contributed by atoms with E-state index in [1.807, 2.05) is 6.08 Å². The van der Waals surface area contributed by atoms with Crippen LogP contribution >= 0.6 is 0 Å². The van der Waals surface area contributed by atoms with Crippen molar-refractivity contribution in [3.8, 4) is 0 Å². The molecule has 0 aromatic rings. The zero-order valence-corrected chi connectivity index (χ0v) is 7.25. The topological polar surface area (TPSA) is 40.9 Å². The molecule has 0 radical (unpaired) electrons. The summed E-state index contributed by atoms with van der Waals surface area (Å²) in [6, 6.07) is 0. The molecule has 60 valence electrons. The average molecular weight is 161 g/mol. The highest BCUT2D eigenvalue weighted by Crippen LogP contribution is 1.98. The maximum atomic E-state index is 10.8. The molecule has 1 atom stereocenters. The van der Waals surface area contributed by atoms with Crippen LogP contribution in [0.5, 0.6) is 0 Å². The van der Waals surface area contributed by atoms with Crippen LogP contribution in [0.2, 0.25) is 0 Å². The summed E-state index contributed by atoms with van der Waals surface area (Å²) in [7, 11) is -2.24. The van der Waals surface area contributed by atoms with E-state index >= 15 is 0 Å².